The fourth-order valence-corrected chi connectivity index (χ4v) is 3.67. The molecule has 5 heteroatoms. The summed E-state index contributed by atoms with van der Waals surface area (Å²) in [5.74, 6) is 0.288. The lowest BCUT2D eigenvalue weighted by atomic mass is 10.0. The number of carbonyl (C=O) groups excluding carboxylic acids is 2. The molecule has 3 fully saturated rings. The van der Waals surface area contributed by atoms with Gasteiger partial charge in [0.25, 0.3) is 0 Å². The Morgan fingerprint density at radius 2 is 2.14 bits per heavy atom. The van der Waals surface area contributed by atoms with Crippen molar-refractivity contribution in [2.75, 3.05) is 26.2 Å². The molecule has 3 aliphatic rings. The molecule has 0 spiro atoms. The molecule has 118 valence electrons. The van der Waals surface area contributed by atoms with E-state index in [0.717, 1.165) is 32.5 Å². The first-order valence-corrected chi connectivity index (χ1v) is 8.33. The minimum atomic E-state index is -0.0194. The molecule has 5 nitrogen and oxygen atoms in total. The summed E-state index contributed by atoms with van der Waals surface area (Å²) in [4.78, 5) is 27.8. The van der Waals surface area contributed by atoms with Crippen LogP contribution in [0.25, 0.3) is 0 Å². The molecule has 0 aromatic rings. The normalized spacial score (nSPS) is 29.7. The van der Waals surface area contributed by atoms with Gasteiger partial charge in [-0.25, -0.2) is 0 Å². The van der Waals surface area contributed by atoms with E-state index in [0.29, 0.717) is 18.7 Å². The molecule has 1 saturated carbocycles. The largest absolute Gasteiger partial charge is 0.465 e. The van der Waals surface area contributed by atoms with E-state index in [1.54, 1.807) is 6.92 Å². The van der Waals surface area contributed by atoms with Crippen molar-refractivity contribution in [1.82, 2.24) is 9.80 Å². The van der Waals surface area contributed by atoms with Gasteiger partial charge < -0.3 is 9.64 Å². The van der Waals surface area contributed by atoms with Crippen LogP contribution in [-0.4, -0.2) is 60.0 Å². The van der Waals surface area contributed by atoms with E-state index in [1.807, 2.05) is 0 Å². The van der Waals surface area contributed by atoms with Crippen LogP contribution in [0.15, 0.2) is 0 Å². The lowest BCUT2D eigenvalue weighted by Crippen LogP contribution is -2.44. The van der Waals surface area contributed by atoms with E-state index < -0.39 is 0 Å². The zero-order valence-corrected chi connectivity index (χ0v) is 12.9. The number of hydrogen-bond acceptors (Lipinski definition) is 4. The molecule has 3 rings (SSSR count). The van der Waals surface area contributed by atoms with Gasteiger partial charge in [-0.3, -0.25) is 14.5 Å². The molecule has 0 N–H and O–H groups in total. The monoisotopic (exact) mass is 294 g/mol. The molecule has 2 atom stereocenters. The molecule has 0 aromatic heterocycles. The Labute approximate surface area is 126 Å². The van der Waals surface area contributed by atoms with Crippen molar-refractivity contribution in [3.63, 3.8) is 0 Å². The van der Waals surface area contributed by atoms with E-state index in [9.17, 15) is 9.59 Å². The van der Waals surface area contributed by atoms with Crippen LogP contribution in [-0.2, 0) is 14.3 Å². The van der Waals surface area contributed by atoms with E-state index in [-0.39, 0.29) is 17.8 Å². The Morgan fingerprint density at radius 3 is 2.76 bits per heavy atom. The van der Waals surface area contributed by atoms with Crippen LogP contribution in [0.1, 0.15) is 45.4 Å². The number of esters is 1. The number of carbonyl (C=O) groups is 2. The van der Waals surface area contributed by atoms with Crippen LogP contribution < -0.4 is 0 Å². The predicted octanol–water partition coefficient (Wildman–Crippen LogP) is 1.41. The number of nitrogens with zero attached hydrogens (tertiary/aromatic N) is 2. The number of likely N-dealkylation sites (tertiary alicyclic amines) is 1. The molecule has 0 aromatic carbocycles. The number of rotatable bonds is 6. The maximum Gasteiger partial charge on any atom is 0.309 e. The molecule has 1 amide bonds. The summed E-state index contributed by atoms with van der Waals surface area (Å²) in [5.41, 5.74) is 0. The summed E-state index contributed by atoms with van der Waals surface area (Å²) in [6.07, 6.45) is 6.49. The van der Waals surface area contributed by atoms with Gasteiger partial charge in [-0.1, -0.05) is 0 Å². The van der Waals surface area contributed by atoms with Crippen molar-refractivity contribution in [1.29, 1.82) is 0 Å². The van der Waals surface area contributed by atoms with Gasteiger partial charge >= 0.3 is 5.97 Å². The van der Waals surface area contributed by atoms with Crippen LogP contribution in [0.2, 0.25) is 0 Å². The SMILES string of the molecule is CC(=O)N(C[C@@H]1CCCN1CC[C@@H]1CCOC1=O)C1CC1. The molecule has 0 unspecified atom stereocenters. The van der Waals surface area contributed by atoms with Gasteiger partial charge in [0.1, 0.15) is 0 Å². The second kappa shape index (κ2) is 6.34. The number of ether oxygens (including phenoxy) is 1. The number of hydrogen-bond donors (Lipinski definition) is 0. The lowest BCUT2D eigenvalue weighted by Gasteiger charge is -2.30. The highest BCUT2D eigenvalue weighted by Crippen LogP contribution is 2.29. The lowest BCUT2D eigenvalue weighted by molar-refractivity contribution is -0.141. The van der Waals surface area contributed by atoms with Crippen molar-refractivity contribution in [2.45, 2.75) is 57.5 Å². The first-order chi connectivity index (χ1) is 10.1. The first kappa shape index (κ1) is 14.8. The van der Waals surface area contributed by atoms with Crippen LogP contribution in [0, 0.1) is 5.92 Å². The van der Waals surface area contributed by atoms with Gasteiger partial charge in [0.15, 0.2) is 0 Å². The van der Waals surface area contributed by atoms with Crippen molar-refractivity contribution < 1.29 is 14.3 Å². The molecule has 1 aliphatic carbocycles. The molecule has 0 bridgehead atoms. The van der Waals surface area contributed by atoms with E-state index in [2.05, 4.69) is 9.80 Å². The Bertz CT molecular complexity index is 408. The van der Waals surface area contributed by atoms with Crippen LogP contribution in [0.5, 0.6) is 0 Å². The Balaban J connectivity index is 1.50. The van der Waals surface area contributed by atoms with Crippen LogP contribution in [0.4, 0.5) is 0 Å². The third kappa shape index (κ3) is 3.57. The van der Waals surface area contributed by atoms with Gasteiger partial charge in [0, 0.05) is 25.6 Å². The maximum atomic E-state index is 11.8. The summed E-state index contributed by atoms with van der Waals surface area (Å²) in [7, 11) is 0. The van der Waals surface area contributed by atoms with Crippen molar-refractivity contribution in [2.24, 2.45) is 5.92 Å². The smallest absolute Gasteiger partial charge is 0.309 e. The molecular weight excluding hydrogens is 268 g/mol. The average molecular weight is 294 g/mol. The average Bonchev–Trinajstić information content (AvgIpc) is 3.05. The van der Waals surface area contributed by atoms with E-state index >= 15 is 0 Å². The minimum absolute atomic E-state index is 0.0194. The summed E-state index contributed by atoms with van der Waals surface area (Å²) in [6.45, 7) is 5.21. The van der Waals surface area contributed by atoms with Gasteiger partial charge in [-0.2, -0.15) is 0 Å². The highest BCUT2D eigenvalue weighted by Gasteiger charge is 2.35. The minimum Gasteiger partial charge on any atom is -0.465 e. The van der Waals surface area contributed by atoms with Crippen molar-refractivity contribution in [3.05, 3.63) is 0 Å². The van der Waals surface area contributed by atoms with E-state index in [4.69, 9.17) is 4.74 Å². The highest BCUT2D eigenvalue weighted by atomic mass is 16.5. The molecular formula is C16H26N2O3. The predicted molar refractivity (Wildman–Crippen MR) is 78.7 cm³/mol. The summed E-state index contributed by atoms with van der Waals surface area (Å²) < 4.78 is 5.03. The fourth-order valence-electron chi connectivity index (χ4n) is 3.67. The Hall–Kier alpha value is -1.10. The standard InChI is InChI=1S/C16H26N2O3/c1-12(19)18(14-4-5-14)11-15-3-2-8-17(15)9-6-13-7-10-21-16(13)20/h13-15H,2-11H2,1H3/t13-,15+/m1/s1. The summed E-state index contributed by atoms with van der Waals surface area (Å²) in [6, 6.07) is 0.974. The van der Waals surface area contributed by atoms with Gasteiger partial charge in [-0.15, -0.1) is 0 Å². The van der Waals surface area contributed by atoms with Gasteiger partial charge in [0.05, 0.1) is 12.5 Å². The summed E-state index contributed by atoms with van der Waals surface area (Å²) >= 11 is 0. The molecule has 0 radical (unpaired) electrons. The van der Waals surface area contributed by atoms with Gasteiger partial charge in [0.2, 0.25) is 5.91 Å². The van der Waals surface area contributed by atoms with Crippen molar-refractivity contribution in [3.8, 4) is 0 Å². The molecule has 2 heterocycles. The number of amides is 1. The molecule has 2 saturated heterocycles. The van der Waals surface area contributed by atoms with Gasteiger partial charge in [-0.05, 0) is 51.6 Å². The zero-order chi connectivity index (χ0) is 14.8. The first-order valence-electron chi connectivity index (χ1n) is 8.33. The third-order valence-electron chi connectivity index (χ3n) is 5.11. The second-order valence-corrected chi connectivity index (χ2v) is 6.68. The Morgan fingerprint density at radius 1 is 1.33 bits per heavy atom. The summed E-state index contributed by atoms with van der Waals surface area (Å²) in [5, 5.41) is 0. The Kier molecular flexibility index (Phi) is 4.48. The maximum absolute atomic E-state index is 11.8. The quantitative estimate of drug-likeness (QED) is 0.695. The highest BCUT2D eigenvalue weighted by molar-refractivity contribution is 5.74. The second-order valence-electron chi connectivity index (χ2n) is 6.68. The fraction of sp³-hybridized carbons (Fsp3) is 0.875. The van der Waals surface area contributed by atoms with Crippen LogP contribution in [0.3, 0.4) is 0 Å². The number of cyclic esters (lactones) is 1. The van der Waals surface area contributed by atoms with Crippen LogP contribution >= 0.6 is 0 Å². The zero-order valence-electron chi connectivity index (χ0n) is 12.9. The molecule has 21 heavy (non-hydrogen) atoms. The molecule has 2 aliphatic heterocycles. The third-order valence-corrected chi connectivity index (χ3v) is 5.11. The van der Waals surface area contributed by atoms with Crippen molar-refractivity contribution >= 4 is 11.9 Å². The topological polar surface area (TPSA) is 49.9 Å². The van der Waals surface area contributed by atoms with E-state index in [1.165, 1.54) is 25.7 Å².